The average Bonchev–Trinajstić information content (AvgIpc) is 2.62. The van der Waals surface area contributed by atoms with Crippen LogP contribution in [0.1, 0.15) is 29.5 Å². The van der Waals surface area contributed by atoms with Gasteiger partial charge in [-0.15, -0.1) is 0 Å². The molecule has 2 nitrogen and oxygen atoms in total. The first-order valence-electron chi connectivity index (χ1n) is 8.67. The summed E-state index contributed by atoms with van der Waals surface area (Å²) in [6, 6.07) is 17.7. The Morgan fingerprint density at radius 1 is 1.04 bits per heavy atom. The number of fused-ring (bicyclic) bond motifs is 2. The standard InChI is InChI=1S/C21H21F2NO/c22-21(23)17-8-4-7-16(9-17)18-10-19-13-25-14-20(11-18)24(19)12-15-5-2-1-3-6-15/h1-10,19-21H,11-14H2. The molecule has 2 aliphatic heterocycles. The van der Waals surface area contributed by atoms with E-state index in [1.165, 1.54) is 11.6 Å². The summed E-state index contributed by atoms with van der Waals surface area (Å²) in [7, 11) is 0. The molecule has 0 saturated carbocycles. The van der Waals surface area contributed by atoms with Gasteiger partial charge >= 0.3 is 0 Å². The smallest absolute Gasteiger partial charge is 0.263 e. The molecule has 0 aromatic heterocycles. The highest BCUT2D eigenvalue weighted by Crippen LogP contribution is 2.34. The maximum atomic E-state index is 13.0. The quantitative estimate of drug-likeness (QED) is 0.800. The Hall–Kier alpha value is -2.04. The molecule has 130 valence electrons. The largest absolute Gasteiger partial charge is 0.378 e. The van der Waals surface area contributed by atoms with Crippen LogP contribution in [0.25, 0.3) is 5.57 Å². The SMILES string of the molecule is FC(F)c1cccc(C2=CC3COCC(C2)N3Cc2ccccc2)c1. The van der Waals surface area contributed by atoms with Crippen LogP contribution in [-0.4, -0.2) is 30.2 Å². The molecule has 4 rings (SSSR count). The van der Waals surface area contributed by atoms with Crippen LogP contribution < -0.4 is 0 Å². The highest BCUT2D eigenvalue weighted by molar-refractivity contribution is 5.68. The van der Waals surface area contributed by atoms with Crippen LogP contribution in [0.15, 0.2) is 60.7 Å². The Morgan fingerprint density at radius 3 is 2.64 bits per heavy atom. The van der Waals surface area contributed by atoms with Gasteiger partial charge in [-0.05, 0) is 29.2 Å². The molecule has 2 bridgehead atoms. The van der Waals surface area contributed by atoms with E-state index in [1.54, 1.807) is 12.1 Å². The van der Waals surface area contributed by atoms with Crippen molar-refractivity contribution in [2.75, 3.05) is 13.2 Å². The first-order valence-corrected chi connectivity index (χ1v) is 8.67. The molecule has 2 heterocycles. The van der Waals surface area contributed by atoms with E-state index in [9.17, 15) is 8.78 Å². The van der Waals surface area contributed by atoms with Crippen LogP contribution in [0, 0.1) is 0 Å². The monoisotopic (exact) mass is 341 g/mol. The maximum absolute atomic E-state index is 13.0. The third kappa shape index (κ3) is 3.51. The second-order valence-corrected chi connectivity index (χ2v) is 6.74. The van der Waals surface area contributed by atoms with Gasteiger partial charge in [0.1, 0.15) is 0 Å². The lowest BCUT2D eigenvalue weighted by Crippen LogP contribution is -2.53. The normalized spacial score (nSPS) is 23.6. The number of hydrogen-bond acceptors (Lipinski definition) is 2. The Kier molecular flexibility index (Phi) is 4.64. The number of halogens is 2. The van der Waals surface area contributed by atoms with Gasteiger partial charge in [0.2, 0.25) is 0 Å². The van der Waals surface area contributed by atoms with E-state index in [0.29, 0.717) is 13.2 Å². The Morgan fingerprint density at radius 2 is 1.88 bits per heavy atom. The number of morpholine rings is 1. The van der Waals surface area contributed by atoms with Crippen molar-refractivity contribution < 1.29 is 13.5 Å². The second-order valence-electron chi connectivity index (χ2n) is 6.74. The molecular formula is C21H21F2NO. The van der Waals surface area contributed by atoms with Crippen LogP contribution in [0.3, 0.4) is 0 Å². The lowest BCUT2D eigenvalue weighted by Gasteiger charge is -2.45. The average molecular weight is 341 g/mol. The minimum absolute atomic E-state index is 0.0894. The topological polar surface area (TPSA) is 12.5 Å². The number of benzene rings is 2. The molecule has 2 atom stereocenters. The van der Waals surface area contributed by atoms with Crippen LogP contribution in [0.5, 0.6) is 0 Å². The molecule has 0 spiro atoms. The molecule has 25 heavy (non-hydrogen) atoms. The molecule has 2 aromatic carbocycles. The summed E-state index contributed by atoms with van der Waals surface area (Å²) in [6.45, 7) is 2.23. The van der Waals surface area contributed by atoms with Crippen molar-refractivity contribution in [2.45, 2.75) is 31.5 Å². The molecule has 2 unspecified atom stereocenters. The lowest BCUT2D eigenvalue weighted by molar-refractivity contribution is -0.0402. The summed E-state index contributed by atoms with van der Waals surface area (Å²) in [5.41, 5.74) is 3.45. The van der Waals surface area contributed by atoms with Crippen molar-refractivity contribution in [3.63, 3.8) is 0 Å². The van der Waals surface area contributed by atoms with Crippen molar-refractivity contribution in [3.8, 4) is 0 Å². The number of alkyl halides is 2. The van der Waals surface area contributed by atoms with Crippen LogP contribution in [0.4, 0.5) is 8.78 Å². The first-order chi connectivity index (χ1) is 12.2. The predicted octanol–water partition coefficient (Wildman–Crippen LogP) is 4.68. The van der Waals surface area contributed by atoms with Crippen molar-refractivity contribution >= 4 is 5.57 Å². The molecular weight excluding hydrogens is 320 g/mol. The summed E-state index contributed by atoms with van der Waals surface area (Å²) < 4.78 is 31.7. The maximum Gasteiger partial charge on any atom is 0.263 e. The van der Waals surface area contributed by atoms with Gasteiger partial charge in [0.25, 0.3) is 6.43 Å². The Balaban J connectivity index is 1.60. The highest BCUT2D eigenvalue weighted by Gasteiger charge is 2.34. The Labute approximate surface area is 146 Å². The van der Waals surface area contributed by atoms with Crippen LogP contribution in [0.2, 0.25) is 0 Å². The molecule has 0 N–H and O–H groups in total. The second kappa shape index (κ2) is 7.06. The van der Waals surface area contributed by atoms with E-state index in [1.807, 2.05) is 12.1 Å². The minimum atomic E-state index is -2.43. The van der Waals surface area contributed by atoms with Gasteiger partial charge in [-0.2, -0.15) is 0 Å². The molecule has 2 aromatic rings. The number of ether oxygens (including phenoxy) is 1. The van der Waals surface area contributed by atoms with Crippen molar-refractivity contribution in [1.82, 2.24) is 4.90 Å². The van der Waals surface area contributed by atoms with Gasteiger partial charge in [-0.3, -0.25) is 4.90 Å². The molecule has 0 aliphatic carbocycles. The molecule has 0 amide bonds. The van der Waals surface area contributed by atoms with E-state index < -0.39 is 6.43 Å². The zero-order chi connectivity index (χ0) is 17.2. The zero-order valence-corrected chi connectivity index (χ0v) is 13.9. The summed E-state index contributed by atoms with van der Waals surface area (Å²) >= 11 is 0. The fourth-order valence-corrected chi connectivity index (χ4v) is 3.79. The first kappa shape index (κ1) is 16.4. The summed E-state index contributed by atoms with van der Waals surface area (Å²) in [6.07, 6.45) is 0.598. The fraction of sp³-hybridized carbons (Fsp3) is 0.333. The van der Waals surface area contributed by atoms with Crippen molar-refractivity contribution in [3.05, 3.63) is 77.4 Å². The van der Waals surface area contributed by atoms with Gasteiger partial charge in [0.15, 0.2) is 0 Å². The summed E-state index contributed by atoms with van der Waals surface area (Å²) in [5, 5.41) is 0. The van der Waals surface area contributed by atoms with E-state index in [0.717, 1.165) is 24.1 Å². The molecule has 0 radical (unpaired) electrons. The molecule has 1 saturated heterocycles. The van der Waals surface area contributed by atoms with E-state index >= 15 is 0 Å². The van der Waals surface area contributed by atoms with Crippen LogP contribution in [-0.2, 0) is 11.3 Å². The highest BCUT2D eigenvalue weighted by atomic mass is 19.3. The number of rotatable bonds is 4. The van der Waals surface area contributed by atoms with E-state index in [4.69, 9.17) is 4.74 Å². The molecule has 4 heteroatoms. The number of nitrogens with zero attached hydrogens (tertiary/aromatic N) is 1. The molecule has 2 aliphatic rings. The lowest BCUT2D eigenvalue weighted by atomic mass is 9.89. The van der Waals surface area contributed by atoms with Gasteiger partial charge in [-0.1, -0.05) is 54.6 Å². The van der Waals surface area contributed by atoms with E-state index in [-0.39, 0.29) is 17.6 Å². The molecule has 1 fully saturated rings. The van der Waals surface area contributed by atoms with Gasteiger partial charge in [-0.25, -0.2) is 8.78 Å². The third-order valence-electron chi connectivity index (χ3n) is 5.06. The van der Waals surface area contributed by atoms with E-state index in [2.05, 4.69) is 35.2 Å². The minimum Gasteiger partial charge on any atom is -0.378 e. The predicted molar refractivity (Wildman–Crippen MR) is 94.4 cm³/mol. The van der Waals surface area contributed by atoms with Gasteiger partial charge < -0.3 is 4.74 Å². The zero-order valence-electron chi connectivity index (χ0n) is 13.9. The summed E-state index contributed by atoms with van der Waals surface area (Å²) in [5.74, 6) is 0. The van der Waals surface area contributed by atoms with Crippen LogP contribution >= 0.6 is 0 Å². The van der Waals surface area contributed by atoms with Crippen molar-refractivity contribution in [1.29, 1.82) is 0 Å². The Bertz CT molecular complexity index is 760. The fourth-order valence-electron chi connectivity index (χ4n) is 3.79. The summed E-state index contributed by atoms with van der Waals surface area (Å²) in [4.78, 5) is 2.47. The number of hydrogen-bond donors (Lipinski definition) is 0. The van der Waals surface area contributed by atoms with Gasteiger partial charge in [0.05, 0.1) is 19.3 Å². The third-order valence-corrected chi connectivity index (χ3v) is 5.06. The van der Waals surface area contributed by atoms with Crippen molar-refractivity contribution in [2.24, 2.45) is 0 Å². The van der Waals surface area contributed by atoms with Gasteiger partial charge in [0, 0.05) is 18.2 Å².